The Morgan fingerprint density at radius 1 is 1.42 bits per heavy atom. The van der Waals surface area contributed by atoms with E-state index in [1.165, 1.54) is 19.3 Å². The summed E-state index contributed by atoms with van der Waals surface area (Å²) in [7, 11) is 1.93. The summed E-state index contributed by atoms with van der Waals surface area (Å²) in [6.45, 7) is 1.29. The normalized spacial score (nSPS) is 16.5. The molecule has 0 spiro atoms. The zero-order chi connectivity index (χ0) is 13.5. The van der Waals surface area contributed by atoms with E-state index in [0.717, 1.165) is 31.5 Å². The second-order valence-corrected chi connectivity index (χ2v) is 5.29. The van der Waals surface area contributed by atoms with Crippen molar-refractivity contribution in [1.82, 2.24) is 20.2 Å². The molecule has 1 fully saturated rings. The number of nitrogens with one attached hydrogen (secondary N) is 2. The molecule has 1 aliphatic rings. The first-order valence-electron chi connectivity index (χ1n) is 7.22. The fraction of sp³-hybridized carbons (Fsp3) is 0.714. The number of imidazole rings is 1. The van der Waals surface area contributed by atoms with Crippen molar-refractivity contribution in [1.29, 1.82) is 0 Å². The number of carbonyl (C=O) groups is 1. The number of hydrogen-bond donors (Lipinski definition) is 2. The summed E-state index contributed by atoms with van der Waals surface area (Å²) in [5, 5.41) is 6.21. The van der Waals surface area contributed by atoms with Gasteiger partial charge in [0.1, 0.15) is 6.54 Å². The molecule has 5 heteroatoms. The van der Waals surface area contributed by atoms with Crippen LogP contribution in [-0.4, -0.2) is 35.1 Å². The first kappa shape index (κ1) is 14.1. The lowest BCUT2D eigenvalue weighted by Crippen LogP contribution is -2.38. The lowest BCUT2D eigenvalue weighted by atomic mass is 9.95. The van der Waals surface area contributed by atoms with Crippen molar-refractivity contribution < 1.29 is 4.79 Å². The van der Waals surface area contributed by atoms with Gasteiger partial charge in [-0.1, -0.05) is 19.3 Å². The fourth-order valence-corrected chi connectivity index (χ4v) is 2.56. The first-order valence-corrected chi connectivity index (χ1v) is 7.22. The van der Waals surface area contributed by atoms with Crippen LogP contribution in [-0.2, 0) is 17.8 Å². The van der Waals surface area contributed by atoms with Crippen LogP contribution in [0.25, 0.3) is 0 Å². The van der Waals surface area contributed by atoms with Gasteiger partial charge in [-0.25, -0.2) is 4.98 Å². The van der Waals surface area contributed by atoms with Gasteiger partial charge in [-0.2, -0.15) is 0 Å². The molecule has 1 aromatic heterocycles. The average molecular weight is 264 g/mol. The smallest absolute Gasteiger partial charge is 0.240 e. The molecule has 2 rings (SSSR count). The Hall–Kier alpha value is -1.36. The van der Waals surface area contributed by atoms with Crippen molar-refractivity contribution >= 4 is 5.91 Å². The van der Waals surface area contributed by atoms with Crippen molar-refractivity contribution in [3.05, 3.63) is 18.2 Å². The number of hydrogen-bond acceptors (Lipinski definition) is 3. The van der Waals surface area contributed by atoms with Crippen LogP contribution in [0.4, 0.5) is 0 Å². The van der Waals surface area contributed by atoms with E-state index in [-0.39, 0.29) is 5.91 Å². The number of amides is 1. The maximum Gasteiger partial charge on any atom is 0.240 e. The van der Waals surface area contributed by atoms with Gasteiger partial charge >= 0.3 is 0 Å². The maximum absolute atomic E-state index is 11.9. The molecule has 0 unspecified atom stereocenters. The van der Waals surface area contributed by atoms with E-state index in [1.807, 2.05) is 17.8 Å². The molecule has 5 nitrogen and oxygen atoms in total. The van der Waals surface area contributed by atoms with Gasteiger partial charge < -0.3 is 15.2 Å². The lowest BCUT2D eigenvalue weighted by Gasteiger charge is -2.22. The van der Waals surface area contributed by atoms with Crippen molar-refractivity contribution in [2.24, 2.45) is 0 Å². The van der Waals surface area contributed by atoms with Crippen LogP contribution in [0.3, 0.4) is 0 Å². The van der Waals surface area contributed by atoms with E-state index in [0.29, 0.717) is 12.6 Å². The second-order valence-electron chi connectivity index (χ2n) is 5.29. The minimum atomic E-state index is 0.101. The van der Waals surface area contributed by atoms with Crippen LogP contribution in [0.1, 0.15) is 37.8 Å². The number of rotatable bonds is 6. The molecule has 1 saturated carbocycles. The van der Waals surface area contributed by atoms with Crippen LogP contribution in [0, 0.1) is 0 Å². The van der Waals surface area contributed by atoms with Crippen molar-refractivity contribution in [2.75, 3.05) is 13.6 Å². The zero-order valence-electron chi connectivity index (χ0n) is 11.7. The molecule has 0 atom stereocenters. The minimum absolute atomic E-state index is 0.101. The van der Waals surface area contributed by atoms with E-state index < -0.39 is 0 Å². The second kappa shape index (κ2) is 7.28. The summed E-state index contributed by atoms with van der Waals surface area (Å²) in [5.74, 6) is 0.101. The van der Waals surface area contributed by atoms with Crippen LogP contribution < -0.4 is 10.6 Å². The van der Waals surface area contributed by atoms with Gasteiger partial charge in [0.15, 0.2) is 0 Å². The third-order valence-electron chi connectivity index (χ3n) is 3.61. The molecule has 0 aliphatic heterocycles. The van der Waals surface area contributed by atoms with Gasteiger partial charge in [-0.15, -0.1) is 0 Å². The number of nitrogens with zero attached hydrogens (tertiary/aromatic N) is 2. The Bertz CT molecular complexity index is 396. The maximum atomic E-state index is 11.9. The molecule has 19 heavy (non-hydrogen) atoms. The highest BCUT2D eigenvalue weighted by atomic mass is 16.2. The molecular formula is C14H24N4O. The highest BCUT2D eigenvalue weighted by molar-refractivity contribution is 5.76. The minimum Gasteiger partial charge on any atom is -0.352 e. The molecule has 106 valence electrons. The van der Waals surface area contributed by atoms with Gasteiger partial charge in [-0.05, 0) is 19.9 Å². The van der Waals surface area contributed by atoms with E-state index in [9.17, 15) is 4.79 Å². The van der Waals surface area contributed by atoms with E-state index in [1.54, 1.807) is 6.33 Å². The van der Waals surface area contributed by atoms with Crippen LogP contribution in [0.2, 0.25) is 0 Å². The van der Waals surface area contributed by atoms with Crippen LogP contribution in [0.5, 0.6) is 0 Å². The predicted molar refractivity (Wildman–Crippen MR) is 74.9 cm³/mol. The number of carbonyl (C=O) groups excluding carboxylic acids is 1. The monoisotopic (exact) mass is 264 g/mol. The summed E-state index contributed by atoms with van der Waals surface area (Å²) in [5.41, 5.74) is 1.03. The summed E-state index contributed by atoms with van der Waals surface area (Å²) in [6, 6.07) is 0.383. The molecule has 0 bridgehead atoms. The third-order valence-corrected chi connectivity index (χ3v) is 3.61. The molecule has 0 aromatic carbocycles. The van der Waals surface area contributed by atoms with Crippen molar-refractivity contribution in [3.63, 3.8) is 0 Å². The standard InChI is InChI=1S/C14H24N4O/c1-15-8-7-13-9-18(11-16-13)10-14(19)17-12-5-3-2-4-6-12/h9,11-12,15H,2-8,10H2,1H3,(H,17,19). The third kappa shape index (κ3) is 4.67. The quantitative estimate of drug-likeness (QED) is 0.809. The molecule has 1 aromatic rings. The molecule has 0 radical (unpaired) electrons. The van der Waals surface area contributed by atoms with Crippen LogP contribution in [0.15, 0.2) is 12.5 Å². The molecule has 0 saturated heterocycles. The predicted octanol–water partition coefficient (Wildman–Crippen LogP) is 1.09. The summed E-state index contributed by atoms with van der Waals surface area (Å²) >= 11 is 0. The Balaban J connectivity index is 1.76. The summed E-state index contributed by atoms with van der Waals surface area (Å²) in [4.78, 5) is 16.2. The Labute approximate surface area is 114 Å². The van der Waals surface area contributed by atoms with E-state index in [4.69, 9.17) is 0 Å². The van der Waals surface area contributed by atoms with Gasteiger partial charge in [-0.3, -0.25) is 4.79 Å². The highest BCUT2D eigenvalue weighted by Crippen LogP contribution is 2.17. The summed E-state index contributed by atoms with van der Waals surface area (Å²) < 4.78 is 1.86. The molecular weight excluding hydrogens is 240 g/mol. The SMILES string of the molecule is CNCCc1cn(CC(=O)NC2CCCCC2)cn1. The zero-order valence-corrected chi connectivity index (χ0v) is 11.7. The molecule has 2 N–H and O–H groups in total. The summed E-state index contributed by atoms with van der Waals surface area (Å²) in [6.07, 6.45) is 10.6. The van der Waals surface area contributed by atoms with E-state index >= 15 is 0 Å². The highest BCUT2D eigenvalue weighted by Gasteiger charge is 2.15. The Morgan fingerprint density at radius 3 is 2.95 bits per heavy atom. The Kier molecular flexibility index (Phi) is 5.39. The van der Waals surface area contributed by atoms with Crippen molar-refractivity contribution in [2.45, 2.75) is 51.1 Å². The van der Waals surface area contributed by atoms with Gasteiger partial charge in [0, 0.05) is 25.2 Å². The van der Waals surface area contributed by atoms with Gasteiger partial charge in [0.25, 0.3) is 0 Å². The molecule has 1 amide bonds. The largest absolute Gasteiger partial charge is 0.352 e. The van der Waals surface area contributed by atoms with Crippen molar-refractivity contribution in [3.8, 4) is 0 Å². The average Bonchev–Trinajstić information content (AvgIpc) is 2.85. The van der Waals surface area contributed by atoms with Crippen LogP contribution >= 0.6 is 0 Å². The topological polar surface area (TPSA) is 59.0 Å². The lowest BCUT2D eigenvalue weighted by molar-refractivity contribution is -0.122. The van der Waals surface area contributed by atoms with Gasteiger partial charge in [0.2, 0.25) is 5.91 Å². The first-order chi connectivity index (χ1) is 9.28. The fourth-order valence-electron chi connectivity index (χ4n) is 2.56. The van der Waals surface area contributed by atoms with E-state index in [2.05, 4.69) is 15.6 Å². The van der Waals surface area contributed by atoms with Gasteiger partial charge in [0.05, 0.1) is 12.0 Å². The molecule has 1 heterocycles. The number of likely N-dealkylation sites (N-methyl/N-ethyl adjacent to an activating group) is 1. The molecule has 1 aliphatic carbocycles. The Morgan fingerprint density at radius 2 is 2.21 bits per heavy atom. The number of aromatic nitrogens is 2.